The van der Waals surface area contributed by atoms with Crippen LogP contribution in [-0.4, -0.2) is 21.1 Å². The molecule has 21 heavy (non-hydrogen) atoms. The molecule has 2 aromatic rings. The summed E-state index contributed by atoms with van der Waals surface area (Å²) in [4.78, 5) is 4.51. The van der Waals surface area contributed by atoms with Gasteiger partial charge in [-0.3, -0.25) is 0 Å². The van der Waals surface area contributed by atoms with Crippen LogP contribution in [0.1, 0.15) is 63.0 Å². The van der Waals surface area contributed by atoms with Gasteiger partial charge in [0.25, 0.3) is 0 Å². The fourth-order valence-electron chi connectivity index (χ4n) is 2.71. The summed E-state index contributed by atoms with van der Waals surface area (Å²) in [6.07, 6.45) is 5.83. The molecule has 116 valence electrons. The van der Waals surface area contributed by atoms with E-state index in [1.165, 1.54) is 30.5 Å². The van der Waals surface area contributed by atoms with Gasteiger partial charge in [-0.15, -0.1) is 0 Å². The Labute approximate surface area is 128 Å². The van der Waals surface area contributed by atoms with Gasteiger partial charge in [-0.2, -0.15) is 5.10 Å². The van der Waals surface area contributed by atoms with Crippen LogP contribution in [0.2, 0.25) is 0 Å². The van der Waals surface area contributed by atoms with Gasteiger partial charge in [0.1, 0.15) is 0 Å². The first-order valence-corrected chi connectivity index (χ1v) is 8.04. The minimum absolute atomic E-state index is 0.311. The number of hydrogen-bond donors (Lipinski definition) is 1. The molecule has 4 heteroatoms. The Hall–Kier alpha value is -1.42. The monoisotopic (exact) mass is 288 g/mol. The third kappa shape index (κ3) is 4.03. The van der Waals surface area contributed by atoms with Crippen LogP contribution in [0.25, 0.3) is 5.65 Å². The quantitative estimate of drug-likeness (QED) is 0.787. The first-order chi connectivity index (χ1) is 9.99. The van der Waals surface area contributed by atoms with Gasteiger partial charge < -0.3 is 5.32 Å². The average Bonchev–Trinajstić information content (AvgIpc) is 2.79. The number of unbranched alkanes of at least 4 members (excludes halogenated alkanes) is 1. The van der Waals surface area contributed by atoms with Crippen LogP contribution < -0.4 is 5.32 Å². The third-order valence-electron chi connectivity index (χ3n) is 4.01. The van der Waals surface area contributed by atoms with Gasteiger partial charge in [0.05, 0.1) is 5.69 Å². The van der Waals surface area contributed by atoms with Crippen molar-refractivity contribution >= 4 is 5.65 Å². The molecule has 2 aromatic heterocycles. The lowest BCUT2D eigenvalue weighted by atomic mass is 10.1. The highest BCUT2D eigenvalue weighted by molar-refractivity contribution is 5.42. The molecule has 0 aliphatic carbocycles. The highest BCUT2D eigenvalue weighted by Gasteiger charge is 2.12. The maximum absolute atomic E-state index is 4.51. The van der Waals surface area contributed by atoms with Crippen molar-refractivity contribution in [2.24, 2.45) is 5.92 Å². The second kappa shape index (κ2) is 7.03. The molecule has 1 N–H and O–H groups in total. The van der Waals surface area contributed by atoms with Gasteiger partial charge in [0.2, 0.25) is 0 Å². The number of hydrogen-bond acceptors (Lipinski definition) is 3. The molecular weight excluding hydrogens is 260 g/mol. The lowest BCUT2D eigenvalue weighted by Crippen LogP contribution is -2.21. The molecule has 0 amide bonds. The molecule has 0 aliphatic heterocycles. The summed E-state index contributed by atoms with van der Waals surface area (Å²) in [5, 5.41) is 8.12. The van der Waals surface area contributed by atoms with E-state index in [-0.39, 0.29) is 0 Å². The Kier molecular flexibility index (Phi) is 5.34. The number of fused-ring (bicyclic) bond motifs is 1. The molecule has 0 bridgehead atoms. The van der Waals surface area contributed by atoms with Crippen molar-refractivity contribution in [3.63, 3.8) is 0 Å². The van der Waals surface area contributed by atoms with Gasteiger partial charge in [-0.1, -0.05) is 26.7 Å². The highest BCUT2D eigenvalue weighted by Crippen LogP contribution is 2.18. The third-order valence-corrected chi connectivity index (χ3v) is 4.01. The predicted octanol–water partition coefficient (Wildman–Crippen LogP) is 3.82. The maximum Gasteiger partial charge on any atom is 0.155 e. The summed E-state index contributed by atoms with van der Waals surface area (Å²) in [7, 11) is 0. The van der Waals surface area contributed by atoms with Crippen molar-refractivity contribution < 1.29 is 0 Å². The largest absolute Gasteiger partial charge is 0.310 e. The highest BCUT2D eigenvalue weighted by atomic mass is 15.3. The van der Waals surface area contributed by atoms with Gasteiger partial charge >= 0.3 is 0 Å². The Bertz CT molecular complexity index is 586. The van der Waals surface area contributed by atoms with Crippen LogP contribution in [0.15, 0.2) is 12.3 Å². The average molecular weight is 288 g/mol. The molecule has 2 heterocycles. The predicted molar refractivity (Wildman–Crippen MR) is 87.6 cm³/mol. The van der Waals surface area contributed by atoms with Crippen molar-refractivity contribution in [3.05, 3.63) is 29.2 Å². The van der Waals surface area contributed by atoms with Crippen LogP contribution in [0.5, 0.6) is 0 Å². The number of aromatic nitrogens is 3. The molecule has 0 fully saturated rings. The van der Waals surface area contributed by atoms with E-state index in [1.807, 2.05) is 23.7 Å². The second-order valence-corrected chi connectivity index (χ2v) is 6.42. The topological polar surface area (TPSA) is 42.2 Å². The van der Waals surface area contributed by atoms with Crippen molar-refractivity contribution in [3.8, 4) is 0 Å². The van der Waals surface area contributed by atoms with E-state index in [1.54, 1.807) is 0 Å². The zero-order valence-electron chi connectivity index (χ0n) is 14.0. The van der Waals surface area contributed by atoms with E-state index in [0.717, 1.165) is 23.8 Å². The first kappa shape index (κ1) is 16.0. The van der Waals surface area contributed by atoms with Gasteiger partial charge in [-0.05, 0) is 39.7 Å². The Balaban J connectivity index is 1.96. The van der Waals surface area contributed by atoms with Crippen LogP contribution in [0.3, 0.4) is 0 Å². The molecule has 0 spiro atoms. The molecule has 4 nitrogen and oxygen atoms in total. The number of rotatable bonds is 7. The number of nitrogens with zero attached hydrogens (tertiary/aromatic N) is 3. The number of aryl methyl sites for hydroxylation is 2. The summed E-state index contributed by atoms with van der Waals surface area (Å²) >= 11 is 0. The van der Waals surface area contributed by atoms with Crippen molar-refractivity contribution in [1.82, 2.24) is 19.9 Å². The van der Waals surface area contributed by atoms with Crippen molar-refractivity contribution in [1.29, 1.82) is 0 Å². The minimum atomic E-state index is 0.311. The summed E-state index contributed by atoms with van der Waals surface area (Å²) in [5.74, 6) is 0.805. The summed E-state index contributed by atoms with van der Waals surface area (Å²) in [5.41, 5.74) is 4.35. The van der Waals surface area contributed by atoms with E-state index in [0.29, 0.717) is 6.04 Å². The smallest absolute Gasteiger partial charge is 0.155 e. The van der Waals surface area contributed by atoms with Gasteiger partial charge in [0, 0.05) is 29.6 Å². The Morgan fingerprint density at radius 1 is 1.19 bits per heavy atom. The molecule has 0 aliphatic rings. The van der Waals surface area contributed by atoms with Gasteiger partial charge in [-0.25, -0.2) is 9.50 Å². The molecule has 0 radical (unpaired) electrons. The summed E-state index contributed by atoms with van der Waals surface area (Å²) in [6.45, 7) is 12.0. The molecule has 1 unspecified atom stereocenters. The normalized spacial score (nSPS) is 13.2. The lowest BCUT2D eigenvalue weighted by Gasteiger charge is -2.17. The summed E-state index contributed by atoms with van der Waals surface area (Å²) < 4.78 is 1.95. The Morgan fingerprint density at radius 3 is 2.67 bits per heavy atom. The molecule has 0 saturated carbocycles. The second-order valence-electron chi connectivity index (χ2n) is 6.42. The molecule has 0 saturated heterocycles. The zero-order valence-corrected chi connectivity index (χ0v) is 14.0. The standard InChI is InChI=1S/C17H28N4/c1-12(2)8-6-7-9-18-14(4)16-11-19-17-10-13(3)20-21(17)15(16)5/h10-12,14,18H,6-9H2,1-5H3. The number of nitrogens with one attached hydrogen (secondary N) is 1. The van der Waals surface area contributed by atoms with Crippen LogP contribution in [0, 0.1) is 19.8 Å². The Morgan fingerprint density at radius 2 is 1.95 bits per heavy atom. The molecule has 2 rings (SSSR count). The molecule has 0 aromatic carbocycles. The summed E-state index contributed by atoms with van der Waals surface area (Å²) in [6, 6.07) is 2.33. The fraction of sp³-hybridized carbons (Fsp3) is 0.647. The van der Waals surface area contributed by atoms with E-state index < -0.39 is 0 Å². The maximum atomic E-state index is 4.51. The van der Waals surface area contributed by atoms with E-state index in [4.69, 9.17) is 0 Å². The van der Waals surface area contributed by atoms with E-state index in [9.17, 15) is 0 Å². The fourth-order valence-corrected chi connectivity index (χ4v) is 2.71. The molecule has 1 atom stereocenters. The lowest BCUT2D eigenvalue weighted by molar-refractivity contribution is 0.495. The van der Waals surface area contributed by atoms with Crippen LogP contribution >= 0.6 is 0 Å². The van der Waals surface area contributed by atoms with Crippen molar-refractivity contribution in [2.75, 3.05) is 6.54 Å². The van der Waals surface area contributed by atoms with Crippen LogP contribution in [0.4, 0.5) is 0 Å². The molecular formula is C17H28N4. The van der Waals surface area contributed by atoms with E-state index in [2.05, 4.69) is 43.1 Å². The first-order valence-electron chi connectivity index (χ1n) is 8.04. The van der Waals surface area contributed by atoms with Crippen LogP contribution in [-0.2, 0) is 0 Å². The van der Waals surface area contributed by atoms with E-state index >= 15 is 0 Å². The minimum Gasteiger partial charge on any atom is -0.310 e. The SMILES string of the molecule is Cc1cc2ncc(C(C)NCCCCC(C)C)c(C)n2n1. The zero-order chi connectivity index (χ0) is 15.4. The van der Waals surface area contributed by atoms with Crippen molar-refractivity contribution in [2.45, 2.75) is 59.9 Å². The van der Waals surface area contributed by atoms with Gasteiger partial charge in [0.15, 0.2) is 5.65 Å².